The molecule has 1 amide bonds. The zero-order chi connectivity index (χ0) is 13.5. The van der Waals surface area contributed by atoms with Crippen LogP contribution in [0, 0.1) is 13.8 Å². The number of amides is 1. The highest BCUT2D eigenvalue weighted by Crippen LogP contribution is 2.17. The molecular formula is C14H20ClNO2. The number of hydrogen-bond acceptors (Lipinski definition) is 2. The summed E-state index contributed by atoms with van der Waals surface area (Å²) in [4.78, 5) is 11.2. The number of rotatable bonds is 6. The first kappa shape index (κ1) is 14.8. The van der Waals surface area contributed by atoms with Crippen molar-refractivity contribution in [2.45, 2.75) is 33.3 Å². The Morgan fingerprint density at radius 1 is 1.39 bits per heavy atom. The molecule has 0 aromatic heterocycles. The normalized spacial score (nSPS) is 12.0. The summed E-state index contributed by atoms with van der Waals surface area (Å²) in [6, 6.07) is 5.98. The second-order valence-corrected chi connectivity index (χ2v) is 4.80. The van der Waals surface area contributed by atoms with E-state index in [0.29, 0.717) is 18.8 Å². The number of carbonyl (C=O) groups excluding carboxylic acids is 1. The molecule has 0 aliphatic carbocycles. The first-order chi connectivity index (χ1) is 8.52. The van der Waals surface area contributed by atoms with Gasteiger partial charge in [0.25, 0.3) is 0 Å². The van der Waals surface area contributed by atoms with Gasteiger partial charge in [-0.1, -0.05) is 6.07 Å². The van der Waals surface area contributed by atoms with Crippen molar-refractivity contribution in [3.05, 3.63) is 29.3 Å². The molecule has 1 unspecified atom stereocenters. The maximum Gasteiger partial charge on any atom is 0.221 e. The lowest BCUT2D eigenvalue weighted by molar-refractivity contribution is -0.121. The maximum atomic E-state index is 11.2. The molecule has 100 valence electrons. The van der Waals surface area contributed by atoms with Gasteiger partial charge in [0, 0.05) is 12.3 Å². The fraction of sp³-hybridized carbons (Fsp3) is 0.500. The van der Waals surface area contributed by atoms with Gasteiger partial charge in [-0.2, -0.15) is 0 Å². The Morgan fingerprint density at radius 2 is 2.11 bits per heavy atom. The number of hydrogen-bond donors (Lipinski definition) is 1. The Kier molecular flexibility index (Phi) is 5.99. The number of halogens is 1. The van der Waals surface area contributed by atoms with Gasteiger partial charge in [0.1, 0.15) is 11.9 Å². The molecule has 1 N–H and O–H groups in total. The molecule has 1 atom stereocenters. The van der Waals surface area contributed by atoms with E-state index >= 15 is 0 Å². The van der Waals surface area contributed by atoms with Gasteiger partial charge >= 0.3 is 0 Å². The Bertz CT molecular complexity index is 407. The van der Waals surface area contributed by atoms with Crippen LogP contribution in [-0.4, -0.2) is 24.4 Å². The van der Waals surface area contributed by atoms with Crippen molar-refractivity contribution in [2.75, 3.05) is 12.4 Å². The number of alkyl halides is 1. The lowest BCUT2D eigenvalue weighted by atomic mass is 10.1. The second kappa shape index (κ2) is 7.27. The van der Waals surface area contributed by atoms with Gasteiger partial charge in [-0.3, -0.25) is 4.79 Å². The highest BCUT2D eigenvalue weighted by Gasteiger charge is 2.07. The van der Waals surface area contributed by atoms with Gasteiger partial charge in [-0.15, -0.1) is 11.6 Å². The molecular weight excluding hydrogens is 250 g/mol. The number of aryl methyl sites for hydroxylation is 2. The highest BCUT2D eigenvalue weighted by molar-refractivity contribution is 6.18. The Hall–Kier alpha value is -1.22. The third-order valence-corrected chi connectivity index (χ3v) is 2.91. The maximum absolute atomic E-state index is 11.2. The Morgan fingerprint density at radius 3 is 2.72 bits per heavy atom. The zero-order valence-corrected chi connectivity index (χ0v) is 11.9. The third-order valence-electron chi connectivity index (χ3n) is 2.72. The average molecular weight is 270 g/mol. The lowest BCUT2D eigenvalue weighted by Crippen LogP contribution is -2.33. The van der Waals surface area contributed by atoms with E-state index < -0.39 is 0 Å². The molecule has 1 aromatic carbocycles. The summed E-state index contributed by atoms with van der Waals surface area (Å²) in [6.45, 7) is 6.53. The summed E-state index contributed by atoms with van der Waals surface area (Å²) in [7, 11) is 0. The van der Waals surface area contributed by atoms with Gasteiger partial charge < -0.3 is 10.1 Å². The summed E-state index contributed by atoms with van der Waals surface area (Å²) in [5.41, 5.74) is 2.44. The predicted octanol–water partition coefficient (Wildman–Crippen LogP) is 2.82. The van der Waals surface area contributed by atoms with Gasteiger partial charge in [0.2, 0.25) is 5.91 Å². The van der Waals surface area contributed by atoms with Crippen LogP contribution in [0.1, 0.15) is 24.5 Å². The predicted molar refractivity (Wildman–Crippen MR) is 74.4 cm³/mol. The van der Waals surface area contributed by atoms with Gasteiger partial charge in [-0.05, 0) is 44.0 Å². The molecule has 0 bridgehead atoms. The van der Waals surface area contributed by atoms with Crippen LogP contribution in [-0.2, 0) is 4.79 Å². The van der Waals surface area contributed by atoms with Crippen LogP contribution in [0.25, 0.3) is 0 Å². The molecule has 0 aliphatic rings. The highest BCUT2D eigenvalue weighted by atomic mass is 35.5. The molecule has 0 radical (unpaired) electrons. The summed E-state index contributed by atoms with van der Waals surface area (Å²) in [6.07, 6.45) is 0.282. The summed E-state index contributed by atoms with van der Waals surface area (Å²) < 4.78 is 5.73. The van der Waals surface area contributed by atoms with E-state index in [9.17, 15) is 4.79 Å². The smallest absolute Gasteiger partial charge is 0.221 e. The molecule has 0 heterocycles. The van der Waals surface area contributed by atoms with Crippen LogP contribution >= 0.6 is 11.6 Å². The molecule has 4 heteroatoms. The molecule has 0 saturated heterocycles. The van der Waals surface area contributed by atoms with E-state index in [0.717, 1.165) is 5.75 Å². The van der Waals surface area contributed by atoms with Crippen molar-refractivity contribution in [2.24, 2.45) is 0 Å². The van der Waals surface area contributed by atoms with Gasteiger partial charge in [0.05, 0.1) is 6.54 Å². The number of nitrogens with one attached hydrogen (secondary N) is 1. The molecule has 0 spiro atoms. The van der Waals surface area contributed by atoms with E-state index in [1.54, 1.807) is 0 Å². The Labute approximate surface area is 113 Å². The monoisotopic (exact) mass is 269 g/mol. The number of ether oxygens (including phenoxy) is 1. The van der Waals surface area contributed by atoms with Crippen molar-refractivity contribution < 1.29 is 9.53 Å². The lowest BCUT2D eigenvalue weighted by Gasteiger charge is -2.16. The molecule has 3 nitrogen and oxygen atoms in total. The van der Waals surface area contributed by atoms with Crippen LogP contribution in [0.15, 0.2) is 18.2 Å². The van der Waals surface area contributed by atoms with Crippen LogP contribution < -0.4 is 10.1 Å². The Balaban J connectivity index is 2.42. The molecule has 0 aliphatic heterocycles. The summed E-state index contributed by atoms with van der Waals surface area (Å²) in [5, 5.41) is 2.78. The minimum Gasteiger partial charge on any atom is -0.489 e. The largest absolute Gasteiger partial charge is 0.489 e. The minimum atomic E-state index is -0.0635. The van der Waals surface area contributed by atoms with Crippen LogP contribution in [0.5, 0.6) is 5.75 Å². The van der Waals surface area contributed by atoms with Crippen molar-refractivity contribution in [1.82, 2.24) is 5.32 Å². The molecule has 1 rings (SSSR count). The fourth-order valence-electron chi connectivity index (χ4n) is 1.49. The second-order valence-electron chi connectivity index (χ2n) is 4.42. The average Bonchev–Trinajstić information content (AvgIpc) is 2.32. The standard InChI is InChI=1S/C14H20ClNO2/c1-10-4-5-13(8-11(10)2)18-12(3)9-16-14(17)6-7-15/h4-5,8,12H,6-7,9H2,1-3H3,(H,16,17). The molecule has 0 saturated carbocycles. The van der Waals surface area contributed by atoms with Crippen molar-refractivity contribution in [3.8, 4) is 5.75 Å². The van der Waals surface area contributed by atoms with Crippen molar-refractivity contribution in [1.29, 1.82) is 0 Å². The first-order valence-corrected chi connectivity index (χ1v) is 6.63. The quantitative estimate of drug-likeness (QED) is 0.807. The van der Waals surface area contributed by atoms with E-state index in [1.165, 1.54) is 11.1 Å². The van der Waals surface area contributed by atoms with Crippen LogP contribution in [0.4, 0.5) is 0 Å². The van der Waals surface area contributed by atoms with E-state index in [1.807, 2.05) is 25.1 Å². The summed E-state index contributed by atoms with van der Waals surface area (Å²) in [5.74, 6) is 1.14. The first-order valence-electron chi connectivity index (χ1n) is 6.09. The summed E-state index contributed by atoms with van der Waals surface area (Å²) >= 11 is 5.48. The zero-order valence-electron chi connectivity index (χ0n) is 11.1. The number of carbonyl (C=O) groups is 1. The van der Waals surface area contributed by atoms with E-state index in [4.69, 9.17) is 16.3 Å². The molecule has 1 aromatic rings. The van der Waals surface area contributed by atoms with Crippen molar-refractivity contribution in [3.63, 3.8) is 0 Å². The van der Waals surface area contributed by atoms with Gasteiger partial charge in [-0.25, -0.2) is 0 Å². The van der Waals surface area contributed by atoms with Crippen molar-refractivity contribution >= 4 is 17.5 Å². The molecule has 18 heavy (non-hydrogen) atoms. The number of benzene rings is 1. The van der Waals surface area contributed by atoms with E-state index in [-0.39, 0.29) is 12.0 Å². The van der Waals surface area contributed by atoms with Crippen LogP contribution in [0.2, 0.25) is 0 Å². The fourth-order valence-corrected chi connectivity index (χ4v) is 1.66. The van der Waals surface area contributed by atoms with Crippen LogP contribution in [0.3, 0.4) is 0 Å². The SMILES string of the molecule is Cc1ccc(OC(C)CNC(=O)CCCl)cc1C. The third kappa shape index (κ3) is 4.96. The topological polar surface area (TPSA) is 38.3 Å². The van der Waals surface area contributed by atoms with E-state index in [2.05, 4.69) is 19.2 Å². The molecule has 0 fully saturated rings. The minimum absolute atomic E-state index is 0.0412. The van der Waals surface area contributed by atoms with Gasteiger partial charge in [0.15, 0.2) is 0 Å².